The molecule has 3 aromatic carbocycles. The molecule has 4 rings (SSSR count). The lowest BCUT2D eigenvalue weighted by Gasteiger charge is -2.32. The molecule has 1 aliphatic rings. The third-order valence-corrected chi connectivity index (χ3v) is 5.02. The molecule has 0 amide bonds. The minimum absolute atomic E-state index is 0.0607. The van der Waals surface area contributed by atoms with E-state index in [-0.39, 0.29) is 58.1 Å². The molecule has 1 saturated heterocycles. The Balaban J connectivity index is 2.11. The van der Waals surface area contributed by atoms with Crippen molar-refractivity contribution in [2.45, 2.75) is 38.9 Å². The maximum Gasteiger partial charge on any atom is 0.495 e. The topological polar surface area (TPSA) is 18.5 Å². The minimum Gasteiger partial charge on any atom is -0.399 e. The molecule has 0 saturated carbocycles. The largest absolute Gasteiger partial charge is 0.495 e. The Morgan fingerprint density at radius 1 is 0.840 bits per heavy atom. The minimum atomic E-state index is -1.05. The van der Waals surface area contributed by atoms with Gasteiger partial charge < -0.3 is 9.31 Å². The van der Waals surface area contributed by atoms with Crippen molar-refractivity contribution in [3.05, 3.63) is 66.6 Å². The molecule has 1 heterocycles. The van der Waals surface area contributed by atoms with E-state index in [0.717, 1.165) is 0 Å². The first-order valence-electron chi connectivity index (χ1n) is 11.3. The predicted octanol–water partition coefficient (Wildman–Crippen LogP) is 4.81. The summed E-state index contributed by atoms with van der Waals surface area (Å²) in [5.74, 6) is 0. The van der Waals surface area contributed by atoms with E-state index in [0.29, 0.717) is 5.56 Å². The summed E-state index contributed by atoms with van der Waals surface area (Å²) in [6, 6.07) is 7.43. The van der Waals surface area contributed by atoms with Crippen LogP contribution in [0, 0.1) is 0 Å². The van der Waals surface area contributed by atoms with E-state index < -0.39 is 18.3 Å². The Morgan fingerprint density at radius 3 is 2.20 bits per heavy atom. The second-order valence-electron chi connectivity index (χ2n) is 7.24. The second-order valence-corrected chi connectivity index (χ2v) is 7.24. The van der Waals surface area contributed by atoms with Crippen LogP contribution in [-0.4, -0.2) is 18.3 Å². The van der Waals surface area contributed by atoms with E-state index in [9.17, 15) is 0 Å². The SMILES string of the molecule is [2H]c1c([2H])c(B2OC(C)(C)C(C)(C)O2)c2c([2H])c([2H])c(-c3ccccc3)c([2H])c2c1[2H]. The highest BCUT2D eigenvalue weighted by molar-refractivity contribution is 6.65. The van der Waals surface area contributed by atoms with Crippen LogP contribution in [0.25, 0.3) is 21.9 Å². The van der Waals surface area contributed by atoms with Gasteiger partial charge in [-0.2, -0.15) is 0 Å². The van der Waals surface area contributed by atoms with Crippen LogP contribution < -0.4 is 5.46 Å². The molecule has 25 heavy (non-hydrogen) atoms. The number of rotatable bonds is 2. The average Bonchev–Trinajstić information content (AvgIpc) is 2.91. The zero-order chi connectivity index (χ0) is 22.9. The first-order valence-corrected chi connectivity index (χ1v) is 8.33. The van der Waals surface area contributed by atoms with E-state index in [2.05, 4.69) is 0 Å². The highest BCUT2D eigenvalue weighted by Crippen LogP contribution is 2.37. The number of benzene rings is 3. The van der Waals surface area contributed by atoms with Gasteiger partial charge in [-0.3, -0.25) is 0 Å². The van der Waals surface area contributed by atoms with Gasteiger partial charge in [0.2, 0.25) is 0 Å². The zero-order valence-electron chi connectivity index (χ0n) is 20.8. The fourth-order valence-electron chi connectivity index (χ4n) is 2.81. The molecule has 126 valence electrons. The molecule has 0 spiro atoms. The summed E-state index contributed by atoms with van der Waals surface area (Å²) in [4.78, 5) is 0. The predicted molar refractivity (Wildman–Crippen MR) is 105 cm³/mol. The summed E-state index contributed by atoms with van der Waals surface area (Å²) in [5, 5.41) is 0.157. The molecule has 0 radical (unpaired) electrons. The molecule has 3 heteroatoms. The van der Waals surface area contributed by atoms with Crippen molar-refractivity contribution >= 4 is 23.4 Å². The number of fused-ring (bicyclic) bond motifs is 1. The summed E-state index contributed by atoms with van der Waals surface area (Å²) >= 11 is 0. The van der Waals surface area contributed by atoms with Crippen LogP contribution >= 0.6 is 0 Å². The first-order chi connectivity index (χ1) is 14.4. The molecule has 0 atom stereocenters. The standard InChI is InChI=1S/C22H23BO2/c1-21(2)22(3,4)25-23(24-21)20-12-8-11-18-15-17(13-14-19(18)20)16-9-6-5-7-10-16/h5-15H,1-4H3/i8D,11D,12D,13D,14D,15D. The lowest BCUT2D eigenvalue weighted by Crippen LogP contribution is -2.41. The van der Waals surface area contributed by atoms with Crippen LogP contribution in [0.5, 0.6) is 0 Å². The summed E-state index contributed by atoms with van der Waals surface area (Å²) in [5.41, 5.74) is -0.480. The van der Waals surface area contributed by atoms with E-state index in [1.54, 1.807) is 24.3 Å². The molecule has 0 aromatic heterocycles. The van der Waals surface area contributed by atoms with Crippen molar-refractivity contribution < 1.29 is 17.5 Å². The van der Waals surface area contributed by atoms with Crippen molar-refractivity contribution in [3.63, 3.8) is 0 Å². The fourth-order valence-corrected chi connectivity index (χ4v) is 2.81. The van der Waals surface area contributed by atoms with Crippen molar-refractivity contribution in [2.75, 3.05) is 0 Å². The lowest BCUT2D eigenvalue weighted by molar-refractivity contribution is 0.00578. The second kappa shape index (κ2) is 5.72. The maximum atomic E-state index is 8.80. The summed E-state index contributed by atoms with van der Waals surface area (Å²) in [6.07, 6.45) is 0. The van der Waals surface area contributed by atoms with Crippen molar-refractivity contribution in [1.29, 1.82) is 0 Å². The van der Waals surface area contributed by atoms with Gasteiger partial charge in [0.15, 0.2) is 0 Å². The molecular weight excluding hydrogens is 307 g/mol. The molecule has 1 fully saturated rings. The Hall–Kier alpha value is -2.10. The Bertz CT molecular complexity index is 1190. The summed E-state index contributed by atoms with van der Waals surface area (Å²) in [7, 11) is -1.05. The lowest BCUT2D eigenvalue weighted by atomic mass is 9.76. The van der Waals surface area contributed by atoms with Crippen LogP contribution in [0.4, 0.5) is 0 Å². The van der Waals surface area contributed by atoms with Crippen LogP contribution in [0.3, 0.4) is 0 Å². The first kappa shape index (κ1) is 10.8. The van der Waals surface area contributed by atoms with Crippen molar-refractivity contribution in [2.24, 2.45) is 0 Å². The van der Waals surface area contributed by atoms with Gasteiger partial charge in [-0.15, -0.1) is 0 Å². The van der Waals surface area contributed by atoms with Gasteiger partial charge in [0.1, 0.15) is 0 Å². The molecule has 1 aliphatic heterocycles. The molecule has 3 aromatic rings. The highest BCUT2D eigenvalue weighted by atomic mass is 16.7. The highest BCUT2D eigenvalue weighted by Gasteiger charge is 2.52. The van der Waals surface area contributed by atoms with Gasteiger partial charge in [-0.05, 0) is 61.1 Å². The van der Waals surface area contributed by atoms with Gasteiger partial charge in [-0.1, -0.05) is 60.5 Å². The van der Waals surface area contributed by atoms with E-state index in [4.69, 9.17) is 17.5 Å². The van der Waals surface area contributed by atoms with Gasteiger partial charge >= 0.3 is 7.12 Å². The number of hydrogen-bond acceptors (Lipinski definition) is 2. The zero-order valence-corrected chi connectivity index (χ0v) is 14.8. The molecule has 0 bridgehead atoms. The van der Waals surface area contributed by atoms with Crippen molar-refractivity contribution in [1.82, 2.24) is 0 Å². The quantitative estimate of drug-likeness (QED) is 0.626. The smallest absolute Gasteiger partial charge is 0.399 e. The monoisotopic (exact) mass is 336 g/mol. The molecule has 2 nitrogen and oxygen atoms in total. The van der Waals surface area contributed by atoms with Crippen LogP contribution in [0.15, 0.2) is 66.6 Å². The summed E-state index contributed by atoms with van der Waals surface area (Å²) < 4.78 is 63.7. The van der Waals surface area contributed by atoms with Crippen molar-refractivity contribution in [3.8, 4) is 11.1 Å². The summed E-state index contributed by atoms with van der Waals surface area (Å²) in [6.45, 7) is 7.45. The molecule has 0 aliphatic carbocycles. The Kier molecular flexibility index (Phi) is 2.47. The molecule has 0 unspecified atom stereocenters. The molecule has 0 N–H and O–H groups in total. The maximum absolute atomic E-state index is 8.80. The Labute approximate surface area is 158 Å². The van der Waals surface area contributed by atoms with E-state index in [1.165, 1.54) is 0 Å². The normalized spacial score (nSPS) is 22.0. The van der Waals surface area contributed by atoms with E-state index >= 15 is 0 Å². The van der Waals surface area contributed by atoms with E-state index in [1.807, 2.05) is 33.8 Å². The number of hydrogen-bond donors (Lipinski definition) is 0. The third-order valence-electron chi connectivity index (χ3n) is 5.02. The van der Waals surface area contributed by atoms with Crippen LogP contribution in [0.1, 0.15) is 35.9 Å². The van der Waals surface area contributed by atoms with Gasteiger partial charge in [0, 0.05) is 0 Å². The average molecular weight is 336 g/mol. The van der Waals surface area contributed by atoms with Gasteiger partial charge in [0.05, 0.1) is 19.4 Å². The fraction of sp³-hybridized carbons (Fsp3) is 0.273. The van der Waals surface area contributed by atoms with Gasteiger partial charge in [-0.25, -0.2) is 0 Å². The molecular formula is C22H23BO2. The van der Waals surface area contributed by atoms with Gasteiger partial charge in [0.25, 0.3) is 0 Å². The Morgan fingerprint density at radius 2 is 1.52 bits per heavy atom. The third kappa shape index (κ3) is 2.78. The van der Waals surface area contributed by atoms with Crippen LogP contribution in [-0.2, 0) is 9.31 Å². The van der Waals surface area contributed by atoms with Crippen LogP contribution in [0.2, 0.25) is 0 Å².